The molecule has 0 aromatic carbocycles. The van der Waals surface area contributed by atoms with Gasteiger partial charge in [-0.3, -0.25) is 9.78 Å². The van der Waals surface area contributed by atoms with Crippen molar-refractivity contribution in [3.05, 3.63) is 39.8 Å². The number of hydrogen-bond donors (Lipinski definition) is 2. The lowest BCUT2D eigenvalue weighted by Crippen LogP contribution is -2.50. The molecular weight excluding hydrogens is 306 g/mol. The van der Waals surface area contributed by atoms with E-state index in [9.17, 15) is 15.2 Å². The summed E-state index contributed by atoms with van der Waals surface area (Å²) >= 11 is 0. The predicted molar refractivity (Wildman–Crippen MR) is 90.4 cm³/mol. The van der Waals surface area contributed by atoms with Gasteiger partial charge >= 0.3 is 0 Å². The predicted octanol–water partition coefficient (Wildman–Crippen LogP) is -0.258. The van der Waals surface area contributed by atoms with Crippen LogP contribution >= 0.6 is 0 Å². The Morgan fingerprint density at radius 1 is 1.50 bits per heavy atom. The quantitative estimate of drug-likeness (QED) is 0.804. The molecule has 0 saturated carbocycles. The van der Waals surface area contributed by atoms with Gasteiger partial charge in [0.05, 0.1) is 22.7 Å². The molecule has 0 spiro atoms. The molecule has 0 bridgehead atoms. The van der Waals surface area contributed by atoms with Crippen molar-refractivity contribution in [2.24, 2.45) is 12.8 Å². The van der Waals surface area contributed by atoms with Crippen molar-refractivity contribution < 1.29 is 5.11 Å². The Kier molecular flexibility index (Phi) is 4.62. The topological polar surface area (TPSA) is 108 Å². The fourth-order valence-electron chi connectivity index (χ4n) is 3.26. The number of aliphatic hydroxyl groups is 1. The molecule has 2 unspecified atom stereocenters. The van der Waals surface area contributed by atoms with E-state index >= 15 is 0 Å². The summed E-state index contributed by atoms with van der Waals surface area (Å²) in [6, 6.07) is 5.17. The lowest BCUT2D eigenvalue weighted by molar-refractivity contribution is 0.0542. The standard InChI is InChI=1S/C17H21N5O2/c1-21-16(24)3-2-14-17(21)12(11(8-18)9-20-14)4-6-22-7-5-13(19)15(23)10-22/h2-3,9,13,15,23H,4-7,10,19H2,1H3. The Labute approximate surface area is 139 Å². The van der Waals surface area contributed by atoms with E-state index in [2.05, 4.69) is 16.0 Å². The third-order valence-corrected chi connectivity index (χ3v) is 4.75. The van der Waals surface area contributed by atoms with Gasteiger partial charge < -0.3 is 20.3 Å². The molecule has 0 aliphatic carbocycles. The van der Waals surface area contributed by atoms with Gasteiger partial charge in [-0.1, -0.05) is 0 Å². The maximum Gasteiger partial charge on any atom is 0.250 e. The summed E-state index contributed by atoms with van der Waals surface area (Å²) in [5, 5.41) is 19.3. The van der Waals surface area contributed by atoms with Crippen LogP contribution in [0.5, 0.6) is 0 Å². The number of piperidine rings is 1. The number of nitrogens with two attached hydrogens (primary N) is 1. The third-order valence-electron chi connectivity index (χ3n) is 4.75. The van der Waals surface area contributed by atoms with Crippen LogP contribution in [-0.4, -0.2) is 51.3 Å². The van der Waals surface area contributed by atoms with E-state index in [1.165, 1.54) is 6.07 Å². The monoisotopic (exact) mass is 327 g/mol. The maximum atomic E-state index is 12.0. The van der Waals surface area contributed by atoms with Gasteiger partial charge in [-0.2, -0.15) is 5.26 Å². The molecule has 7 heteroatoms. The van der Waals surface area contributed by atoms with Crippen molar-refractivity contribution in [1.82, 2.24) is 14.5 Å². The molecule has 0 radical (unpaired) electrons. The van der Waals surface area contributed by atoms with Gasteiger partial charge in [-0.15, -0.1) is 0 Å². The minimum atomic E-state index is -0.521. The number of nitrogens with zero attached hydrogens (tertiary/aromatic N) is 4. The summed E-state index contributed by atoms with van der Waals surface area (Å²) in [4.78, 5) is 18.4. The minimum absolute atomic E-state index is 0.125. The van der Waals surface area contributed by atoms with E-state index in [0.29, 0.717) is 36.1 Å². The number of rotatable bonds is 3. The van der Waals surface area contributed by atoms with Crippen LogP contribution in [0.15, 0.2) is 23.1 Å². The number of hydrogen-bond acceptors (Lipinski definition) is 6. The lowest BCUT2D eigenvalue weighted by atomic mass is 10.0. The van der Waals surface area contributed by atoms with E-state index < -0.39 is 6.10 Å². The average molecular weight is 327 g/mol. The molecular formula is C17H21N5O2. The highest BCUT2D eigenvalue weighted by Gasteiger charge is 2.24. The van der Waals surface area contributed by atoms with Gasteiger partial charge in [-0.25, -0.2) is 0 Å². The van der Waals surface area contributed by atoms with Crippen molar-refractivity contribution in [3.63, 3.8) is 0 Å². The smallest absolute Gasteiger partial charge is 0.250 e. The first-order chi connectivity index (χ1) is 11.5. The maximum absolute atomic E-state index is 12.0. The second kappa shape index (κ2) is 6.69. The first-order valence-electron chi connectivity index (χ1n) is 8.05. The number of β-amino-alcohol motifs (C(OH)–C–C–N with tert-alkyl or cyclic N) is 1. The van der Waals surface area contributed by atoms with E-state index in [0.717, 1.165) is 18.5 Å². The average Bonchev–Trinajstić information content (AvgIpc) is 2.58. The van der Waals surface area contributed by atoms with Crippen LogP contribution in [0.4, 0.5) is 0 Å². The minimum Gasteiger partial charge on any atom is -0.390 e. The van der Waals surface area contributed by atoms with Gasteiger partial charge in [-0.05, 0) is 31.0 Å². The number of aliphatic hydroxyl groups excluding tert-OH is 1. The molecule has 1 aliphatic heterocycles. The molecule has 2 atom stereocenters. The zero-order valence-electron chi connectivity index (χ0n) is 13.6. The first kappa shape index (κ1) is 16.6. The van der Waals surface area contributed by atoms with Gasteiger partial charge in [0, 0.05) is 38.4 Å². The molecule has 126 valence electrons. The molecule has 3 rings (SSSR count). The van der Waals surface area contributed by atoms with Crippen LogP contribution in [0.1, 0.15) is 17.5 Å². The summed E-state index contributed by atoms with van der Waals surface area (Å²) in [6.07, 6.45) is 2.40. The summed E-state index contributed by atoms with van der Waals surface area (Å²) < 4.78 is 1.54. The number of aryl methyl sites for hydroxylation is 1. The molecule has 2 aromatic rings. The molecule has 3 heterocycles. The Balaban J connectivity index is 1.92. The largest absolute Gasteiger partial charge is 0.390 e. The summed E-state index contributed by atoms with van der Waals surface area (Å²) in [7, 11) is 1.70. The summed E-state index contributed by atoms with van der Waals surface area (Å²) in [6.45, 7) is 2.05. The number of aromatic nitrogens is 2. The molecule has 2 aromatic heterocycles. The van der Waals surface area contributed by atoms with Gasteiger partial charge in [0.1, 0.15) is 6.07 Å². The van der Waals surface area contributed by atoms with Crippen LogP contribution in [0.25, 0.3) is 11.0 Å². The fraction of sp³-hybridized carbons (Fsp3) is 0.471. The van der Waals surface area contributed by atoms with E-state index in [1.54, 1.807) is 23.9 Å². The van der Waals surface area contributed by atoms with Crippen LogP contribution in [0.2, 0.25) is 0 Å². The number of pyridine rings is 2. The first-order valence-corrected chi connectivity index (χ1v) is 8.05. The zero-order chi connectivity index (χ0) is 17.3. The molecule has 1 aliphatic rings. The van der Waals surface area contributed by atoms with E-state index in [1.807, 2.05) is 0 Å². The SMILES string of the molecule is Cn1c(=O)ccc2ncc(C#N)c(CCN3CCC(N)C(O)C3)c21. The van der Waals surface area contributed by atoms with Gasteiger partial charge in [0.25, 0.3) is 5.56 Å². The molecule has 3 N–H and O–H groups in total. The van der Waals surface area contributed by atoms with Crippen LogP contribution < -0.4 is 11.3 Å². The van der Waals surface area contributed by atoms with Gasteiger partial charge in [0.15, 0.2) is 0 Å². The summed E-state index contributed by atoms with van der Waals surface area (Å²) in [5.74, 6) is 0. The van der Waals surface area contributed by atoms with Crippen molar-refractivity contribution in [3.8, 4) is 6.07 Å². The fourth-order valence-corrected chi connectivity index (χ4v) is 3.26. The number of nitriles is 1. The van der Waals surface area contributed by atoms with Crippen molar-refractivity contribution in [1.29, 1.82) is 5.26 Å². The molecule has 7 nitrogen and oxygen atoms in total. The highest BCUT2D eigenvalue weighted by Crippen LogP contribution is 2.20. The Bertz CT molecular complexity index is 854. The van der Waals surface area contributed by atoms with Crippen molar-refractivity contribution >= 4 is 11.0 Å². The third kappa shape index (κ3) is 3.04. The Morgan fingerprint density at radius 2 is 2.29 bits per heavy atom. The second-order valence-corrected chi connectivity index (χ2v) is 6.30. The normalized spacial score (nSPS) is 21.8. The Morgan fingerprint density at radius 3 is 3.00 bits per heavy atom. The molecule has 1 saturated heterocycles. The van der Waals surface area contributed by atoms with E-state index in [4.69, 9.17) is 5.73 Å². The number of likely N-dealkylation sites (tertiary alicyclic amines) is 1. The van der Waals surface area contributed by atoms with Crippen molar-refractivity contribution in [2.75, 3.05) is 19.6 Å². The lowest BCUT2D eigenvalue weighted by Gasteiger charge is -2.34. The Hall–Kier alpha value is -2.27. The summed E-state index contributed by atoms with van der Waals surface area (Å²) in [5.41, 5.74) is 8.43. The van der Waals surface area contributed by atoms with Crippen molar-refractivity contribution in [2.45, 2.75) is 25.0 Å². The molecule has 24 heavy (non-hydrogen) atoms. The van der Waals surface area contributed by atoms with Crippen LogP contribution in [0.3, 0.4) is 0 Å². The number of fused-ring (bicyclic) bond motifs is 1. The highest BCUT2D eigenvalue weighted by atomic mass is 16.3. The van der Waals surface area contributed by atoms with E-state index in [-0.39, 0.29) is 11.6 Å². The van der Waals surface area contributed by atoms with Crippen LogP contribution in [0, 0.1) is 11.3 Å². The van der Waals surface area contributed by atoms with Gasteiger partial charge in [0.2, 0.25) is 0 Å². The molecule has 0 amide bonds. The molecule has 1 fully saturated rings. The van der Waals surface area contributed by atoms with Crippen LogP contribution in [-0.2, 0) is 13.5 Å². The second-order valence-electron chi connectivity index (χ2n) is 6.30. The highest BCUT2D eigenvalue weighted by molar-refractivity contribution is 5.80. The zero-order valence-corrected chi connectivity index (χ0v) is 13.6.